The molecule has 14 heteroatoms. The van der Waals surface area contributed by atoms with E-state index in [-0.39, 0.29) is 5.69 Å². The van der Waals surface area contributed by atoms with Crippen molar-refractivity contribution in [1.29, 1.82) is 5.26 Å². The van der Waals surface area contributed by atoms with Crippen molar-refractivity contribution in [3.63, 3.8) is 0 Å². The molecule has 2 aliphatic heterocycles. The Morgan fingerprint density at radius 2 is 1.84 bits per heavy atom. The lowest BCUT2D eigenvalue weighted by Crippen LogP contribution is -2.65. The molecule has 2 N–H and O–H groups in total. The third-order valence-electron chi connectivity index (χ3n) is 7.33. The minimum absolute atomic E-state index is 0.175. The van der Waals surface area contributed by atoms with Crippen LogP contribution in [0.4, 0.5) is 23.7 Å². The summed E-state index contributed by atoms with van der Waals surface area (Å²) in [6.45, 7) is 1.56. The van der Waals surface area contributed by atoms with E-state index in [0.29, 0.717) is 23.2 Å². The molecular weight excluding hydrogens is 569 g/mol. The number of hydrogen-bond donors (Lipinski definition) is 2. The lowest BCUT2D eigenvalue weighted by molar-refractivity contribution is -0.688. The van der Waals surface area contributed by atoms with Gasteiger partial charge in [0.05, 0.1) is 30.3 Å². The van der Waals surface area contributed by atoms with Crippen molar-refractivity contribution < 1.29 is 42.0 Å². The summed E-state index contributed by atoms with van der Waals surface area (Å²) >= 11 is 0. The first-order valence-electron chi connectivity index (χ1n) is 13.0. The van der Waals surface area contributed by atoms with Crippen molar-refractivity contribution in [2.45, 2.75) is 38.0 Å². The van der Waals surface area contributed by atoms with Crippen LogP contribution in [0.3, 0.4) is 0 Å². The van der Waals surface area contributed by atoms with Gasteiger partial charge < -0.3 is 19.5 Å². The van der Waals surface area contributed by atoms with E-state index in [1.165, 1.54) is 24.1 Å². The molecule has 0 saturated carbocycles. The van der Waals surface area contributed by atoms with Crippen LogP contribution in [0.15, 0.2) is 73.1 Å². The fourth-order valence-electron chi connectivity index (χ4n) is 5.55. The first-order chi connectivity index (χ1) is 20.5. The normalized spacial score (nSPS) is 21.1. The number of fused-ring (bicyclic) bond motifs is 1. The Labute approximate surface area is 244 Å². The maximum Gasteiger partial charge on any atom is 0.416 e. The number of urea groups is 1. The summed E-state index contributed by atoms with van der Waals surface area (Å²) in [6, 6.07) is 15.4. The van der Waals surface area contributed by atoms with E-state index >= 15 is 0 Å². The van der Waals surface area contributed by atoms with Crippen molar-refractivity contribution in [1.82, 2.24) is 15.8 Å². The van der Waals surface area contributed by atoms with E-state index in [9.17, 15) is 28.0 Å². The lowest BCUT2D eigenvalue weighted by Gasteiger charge is -2.51. The molecule has 43 heavy (non-hydrogen) atoms. The van der Waals surface area contributed by atoms with Crippen LogP contribution in [0.5, 0.6) is 0 Å². The maximum absolute atomic E-state index is 13.6. The van der Waals surface area contributed by atoms with Gasteiger partial charge >= 0.3 is 18.2 Å². The number of anilines is 1. The van der Waals surface area contributed by atoms with E-state index in [2.05, 4.69) is 16.9 Å². The van der Waals surface area contributed by atoms with Gasteiger partial charge in [-0.2, -0.15) is 23.9 Å². The molecule has 2 aliphatic rings. The second-order valence-electron chi connectivity index (χ2n) is 9.71. The molecule has 3 unspecified atom stereocenters. The molecule has 3 aromatic rings. The van der Waals surface area contributed by atoms with Crippen molar-refractivity contribution in [3.05, 3.63) is 95.3 Å². The van der Waals surface area contributed by atoms with Crippen molar-refractivity contribution in [2.24, 2.45) is 5.92 Å². The van der Waals surface area contributed by atoms with Gasteiger partial charge in [-0.15, -0.1) is 0 Å². The topological polar surface area (TPSA) is 142 Å². The van der Waals surface area contributed by atoms with Crippen LogP contribution < -0.4 is 25.4 Å². The number of halogens is 3. The van der Waals surface area contributed by atoms with Gasteiger partial charge in [0.15, 0.2) is 25.2 Å². The van der Waals surface area contributed by atoms with Gasteiger partial charge in [-0.3, -0.25) is 15.1 Å². The van der Waals surface area contributed by atoms with E-state index in [0.717, 1.165) is 12.1 Å². The van der Waals surface area contributed by atoms with E-state index < -0.39 is 54.5 Å². The van der Waals surface area contributed by atoms with Crippen LogP contribution in [0, 0.1) is 17.2 Å². The molecular formula is C29H27F3N6O5. The van der Waals surface area contributed by atoms with Gasteiger partial charge in [0.1, 0.15) is 5.92 Å². The first-order valence-corrected chi connectivity index (χ1v) is 13.0. The van der Waals surface area contributed by atoms with Gasteiger partial charge in [0.25, 0.3) is 0 Å². The third-order valence-corrected chi connectivity index (χ3v) is 7.33. The number of carbonyl (C=O) groups is 3. The monoisotopic (exact) mass is 596 g/mol. The van der Waals surface area contributed by atoms with Crippen LogP contribution in [0.25, 0.3) is 0 Å². The quantitative estimate of drug-likeness (QED) is 0.258. The molecule has 11 nitrogen and oxygen atoms in total. The number of benzene rings is 2. The van der Waals surface area contributed by atoms with Gasteiger partial charge in [0.2, 0.25) is 0 Å². The number of nitriles is 1. The predicted octanol–water partition coefficient (Wildman–Crippen LogP) is 1.83. The van der Waals surface area contributed by atoms with Crippen LogP contribution in [-0.4, -0.2) is 42.8 Å². The molecule has 3 heterocycles. The summed E-state index contributed by atoms with van der Waals surface area (Å²) in [7, 11) is 1.23. The zero-order valence-electron chi connectivity index (χ0n) is 23.0. The number of carbonyl (C=O) groups excluding carboxylic acids is 3. The number of hydrazine groups is 1. The first kappa shape index (κ1) is 30.8. The summed E-state index contributed by atoms with van der Waals surface area (Å²) in [5, 5.41) is 17.8. The Morgan fingerprint density at radius 1 is 1.14 bits per heavy atom. The van der Waals surface area contributed by atoms with Crippen molar-refractivity contribution in [3.8, 4) is 6.07 Å². The van der Waals surface area contributed by atoms with Gasteiger partial charge in [0, 0.05) is 35.9 Å². The Kier molecular flexibility index (Phi) is 9.15. The predicted molar refractivity (Wildman–Crippen MR) is 142 cm³/mol. The van der Waals surface area contributed by atoms with Crippen molar-refractivity contribution in [2.75, 3.05) is 12.0 Å². The second-order valence-corrected chi connectivity index (χ2v) is 9.71. The zero-order chi connectivity index (χ0) is 31.3. The Balaban J connectivity index is 0.00000135. The lowest BCUT2D eigenvalue weighted by atomic mass is 9.81. The average Bonchev–Trinajstić information content (AvgIpc) is 3.37. The number of nitrogens with zero attached hydrogens (tertiary/aromatic N) is 4. The second kappa shape index (κ2) is 12.8. The summed E-state index contributed by atoms with van der Waals surface area (Å²) < 4.78 is 47.8. The number of nitrogens with one attached hydrogen (secondary N) is 2. The minimum atomic E-state index is -4.58. The molecule has 2 fully saturated rings. The highest BCUT2D eigenvalue weighted by Crippen LogP contribution is 2.45. The highest BCUT2D eigenvalue weighted by atomic mass is 19.4. The molecule has 2 saturated heterocycles. The standard InChI is InChI=1S/C28H25F3N6O3.CH2O2/c1-17-23(25(38)40-2)24(22-10-9-18(15-32)13-19(22)16-35-11-4-3-5-12-35)37-26(33-34-27(37)39)36(17)21-8-6-7-20(14-21)28(29,30)31;2-1-3/h3-14,17,23-24,26,33H,16H2,1-2H3;1H,(H,2,3)/t17?,23?,24-,26?;/m0./s1. The van der Waals surface area contributed by atoms with Crippen molar-refractivity contribution >= 4 is 24.2 Å². The molecule has 1 aromatic heterocycles. The molecule has 0 spiro atoms. The average molecular weight is 597 g/mol. The summed E-state index contributed by atoms with van der Waals surface area (Å²) in [4.78, 5) is 37.9. The number of rotatable bonds is 5. The maximum atomic E-state index is 13.6. The number of alkyl halides is 3. The molecule has 5 rings (SSSR count). The van der Waals surface area contributed by atoms with E-state index in [4.69, 9.17) is 14.6 Å². The number of esters is 1. The Bertz CT molecular complexity index is 1530. The van der Waals surface area contributed by atoms with Gasteiger partial charge in [-0.1, -0.05) is 18.2 Å². The number of pyridine rings is 1. The number of ether oxygens (including phenoxy) is 1. The number of carboxylic acid groups (broad SMARTS) is 1. The fourth-order valence-corrected chi connectivity index (χ4v) is 5.55. The highest BCUT2D eigenvalue weighted by molar-refractivity contribution is 5.82. The molecule has 0 bridgehead atoms. The Morgan fingerprint density at radius 3 is 2.47 bits per heavy atom. The zero-order valence-corrected chi connectivity index (χ0v) is 23.0. The fraction of sp³-hybridized carbons (Fsp3) is 0.276. The Hall–Kier alpha value is -5.16. The summed E-state index contributed by atoms with van der Waals surface area (Å²) in [5.74, 6) is -1.62. The summed E-state index contributed by atoms with van der Waals surface area (Å²) in [5.41, 5.74) is 6.47. The smallest absolute Gasteiger partial charge is 0.416 e. The highest BCUT2D eigenvalue weighted by Gasteiger charge is 2.55. The molecule has 2 aromatic carbocycles. The summed E-state index contributed by atoms with van der Waals surface area (Å²) in [6.07, 6.45) is -1.80. The largest absolute Gasteiger partial charge is 0.554 e. The third kappa shape index (κ3) is 6.21. The SMILES string of the molecule is COC(=O)C1C(C)N(c2cccc(C(F)(F)F)c2)C2NNC(=O)N2[C@H]1c1ccc(C#N)cc1C[n+]1ccccc1.O=C[O-]. The van der Waals surface area contributed by atoms with Crippen LogP contribution in [0.2, 0.25) is 0 Å². The molecule has 0 radical (unpaired) electrons. The van der Waals surface area contributed by atoms with Gasteiger partial charge in [-0.05, 0) is 42.8 Å². The number of methoxy groups -OCH3 is 1. The minimum Gasteiger partial charge on any atom is -0.554 e. The molecule has 0 aliphatic carbocycles. The van der Waals surface area contributed by atoms with Crippen LogP contribution >= 0.6 is 0 Å². The van der Waals surface area contributed by atoms with E-state index in [1.807, 2.05) is 35.2 Å². The van der Waals surface area contributed by atoms with Gasteiger partial charge in [-0.25, -0.2) is 9.36 Å². The molecule has 4 atom stereocenters. The van der Waals surface area contributed by atoms with E-state index in [1.54, 1.807) is 30.0 Å². The number of hydrogen-bond acceptors (Lipinski definition) is 8. The molecule has 224 valence electrons. The number of aromatic nitrogens is 1. The van der Waals surface area contributed by atoms with Crippen LogP contribution in [-0.2, 0) is 27.0 Å². The van der Waals surface area contributed by atoms with Crippen LogP contribution in [0.1, 0.15) is 35.2 Å². The number of amides is 2. The molecule has 2 amide bonds.